The third-order valence-corrected chi connectivity index (χ3v) is 3.75. The first-order valence-electron chi connectivity index (χ1n) is 6.52. The quantitative estimate of drug-likeness (QED) is 0.645. The summed E-state index contributed by atoms with van der Waals surface area (Å²) in [4.78, 5) is 22.6. The van der Waals surface area contributed by atoms with Gasteiger partial charge in [0.2, 0.25) is 5.91 Å². The number of nitrogens with two attached hydrogens (primary N) is 1. The third-order valence-electron chi connectivity index (χ3n) is 3.75. The van der Waals surface area contributed by atoms with E-state index >= 15 is 0 Å². The standard InChI is InChI=1S/C13H16FN3O4/c14-9-2-1-3-10(17(19)20)11(9)16-12(18)13(8-15)4-6-21-7-5-13/h1-3H,4-8,15H2,(H,16,18). The van der Waals surface area contributed by atoms with Crippen molar-refractivity contribution in [2.45, 2.75) is 12.8 Å². The lowest BCUT2D eigenvalue weighted by Gasteiger charge is -2.34. The molecule has 1 fully saturated rings. The van der Waals surface area contributed by atoms with Crippen LogP contribution in [0.3, 0.4) is 0 Å². The number of carbonyl (C=O) groups is 1. The van der Waals surface area contributed by atoms with Crippen molar-refractivity contribution in [3.63, 3.8) is 0 Å². The van der Waals surface area contributed by atoms with Crippen LogP contribution >= 0.6 is 0 Å². The average Bonchev–Trinajstić information content (AvgIpc) is 2.49. The summed E-state index contributed by atoms with van der Waals surface area (Å²) < 4.78 is 19.0. The molecule has 1 aliphatic rings. The number of hydrogen-bond acceptors (Lipinski definition) is 5. The van der Waals surface area contributed by atoms with Crippen LogP contribution in [0.5, 0.6) is 0 Å². The molecule has 7 nitrogen and oxygen atoms in total. The first-order valence-corrected chi connectivity index (χ1v) is 6.52. The maximum Gasteiger partial charge on any atom is 0.295 e. The summed E-state index contributed by atoms with van der Waals surface area (Å²) in [5, 5.41) is 13.3. The summed E-state index contributed by atoms with van der Waals surface area (Å²) in [6, 6.07) is 3.41. The molecule has 1 aromatic rings. The Hall–Kier alpha value is -2.06. The summed E-state index contributed by atoms with van der Waals surface area (Å²) in [5.74, 6) is -1.36. The highest BCUT2D eigenvalue weighted by atomic mass is 19.1. The van der Waals surface area contributed by atoms with Crippen molar-refractivity contribution in [3.05, 3.63) is 34.1 Å². The zero-order valence-corrected chi connectivity index (χ0v) is 11.3. The van der Waals surface area contributed by atoms with Crippen molar-refractivity contribution in [3.8, 4) is 0 Å². The maximum atomic E-state index is 13.8. The Kier molecular flexibility index (Phi) is 4.49. The SMILES string of the molecule is NCC1(C(=O)Nc2c(F)cccc2[N+](=O)[O-])CCOCC1. The van der Waals surface area contributed by atoms with E-state index < -0.39 is 33.4 Å². The van der Waals surface area contributed by atoms with Gasteiger partial charge in [-0.2, -0.15) is 0 Å². The lowest BCUT2D eigenvalue weighted by Crippen LogP contribution is -2.46. The normalized spacial score (nSPS) is 17.2. The Bertz CT molecular complexity index is 558. The Morgan fingerprint density at radius 2 is 2.14 bits per heavy atom. The predicted octanol–water partition coefficient (Wildman–Crippen LogP) is 1.43. The van der Waals surface area contributed by atoms with Gasteiger partial charge < -0.3 is 15.8 Å². The van der Waals surface area contributed by atoms with Crippen LogP contribution in [0.25, 0.3) is 0 Å². The number of ether oxygens (including phenoxy) is 1. The molecule has 1 saturated heterocycles. The van der Waals surface area contributed by atoms with Gasteiger partial charge in [0.15, 0.2) is 11.5 Å². The minimum Gasteiger partial charge on any atom is -0.381 e. The molecule has 1 aromatic carbocycles. The molecule has 3 N–H and O–H groups in total. The molecule has 0 aliphatic carbocycles. The van der Waals surface area contributed by atoms with Gasteiger partial charge in [0.25, 0.3) is 5.69 Å². The molecule has 1 amide bonds. The second kappa shape index (κ2) is 6.15. The zero-order valence-electron chi connectivity index (χ0n) is 11.3. The van der Waals surface area contributed by atoms with E-state index in [0.717, 1.165) is 12.1 Å². The van der Waals surface area contributed by atoms with Crippen molar-refractivity contribution >= 4 is 17.3 Å². The molecule has 0 aromatic heterocycles. The van der Waals surface area contributed by atoms with Crippen molar-refractivity contribution in [2.75, 3.05) is 25.1 Å². The maximum absolute atomic E-state index is 13.8. The second-order valence-corrected chi connectivity index (χ2v) is 4.94. The summed E-state index contributed by atoms with van der Waals surface area (Å²) in [5.41, 5.74) is 3.90. The van der Waals surface area contributed by atoms with Gasteiger partial charge in [-0.3, -0.25) is 14.9 Å². The number of amides is 1. The fourth-order valence-corrected chi connectivity index (χ4v) is 2.32. The number of nitrogens with zero attached hydrogens (tertiary/aromatic N) is 1. The van der Waals surface area contributed by atoms with Crippen LogP contribution in [-0.4, -0.2) is 30.6 Å². The lowest BCUT2D eigenvalue weighted by atomic mass is 9.79. The molecule has 1 aliphatic heterocycles. The molecule has 0 spiro atoms. The molecule has 114 valence electrons. The number of benzene rings is 1. The monoisotopic (exact) mass is 297 g/mol. The highest BCUT2D eigenvalue weighted by Crippen LogP contribution is 2.33. The summed E-state index contributed by atoms with van der Waals surface area (Å²) in [7, 11) is 0. The van der Waals surface area contributed by atoms with E-state index in [1.54, 1.807) is 0 Å². The van der Waals surface area contributed by atoms with Crippen molar-refractivity contribution < 1.29 is 18.8 Å². The highest BCUT2D eigenvalue weighted by molar-refractivity contribution is 5.97. The molecule has 0 atom stereocenters. The first-order chi connectivity index (χ1) is 10.00. The zero-order chi connectivity index (χ0) is 15.5. The van der Waals surface area contributed by atoms with Gasteiger partial charge in [-0.15, -0.1) is 0 Å². The van der Waals surface area contributed by atoms with Gasteiger partial charge in [-0.25, -0.2) is 4.39 Å². The Morgan fingerprint density at radius 3 is 2.71 bits per heavy atom. The minimum atomic E-state index is -0.881. The van der Waals surface area contributed by atoms with E-state index in [-0.39, 0.29) is 6.54 Å². The van der Waals surface area contributed by atoms with Gasteiger partial charge in [-0.1, -0.05) is 6.07 Å². The van der Waals surface area contributed by atoms with Crippen LogP contribution in [0.4, 0.5) is 15.8 Å². The highest BCUT2D eigenvalue weighted by Gasteiger charge is 2.39. The average molecular weight is 297 g/mol. The van der Waals surface area contributed by atoms with Crippen LogP contribution < -0.4 is 11.1 Å². The molecule has 0 bridgehead atoms. The number of carbonyl (C=O) groups excluding carboxylic acids is 1. The van der Waals surface area contributed by atoms with Crippen LogP contribution in [0.1, 0.15) is 12.8 Å². The number of halogens is 1. The Labute approximate surface area is 120 Å². The minimum absolute atomic E-state index is 0.0739. The van der Waals surface area contributed by atoms with Gasteiger partial charge in [0, 0.05) is 25.8 Å². The molecule has 2 rings (SSSR count). The largest absolute Gasteiger partial charge is 0.381 e. The molecule has 8 heteroatoms. The van der Waals surface area contributed by atoms with E-state index in [1.807, 2.05) is 0 Å². The van der Waals surface area contributed by atoms with E-state index in [1.165, 1.54) is 6.07 Å². The molecule has 0 radical (unpaired) electrons. The predicted molar refractivity (Wildman–Crippen MR) is 73.2 cm³/mol. The van der Waals surface area contributed by atoms with Crippen LogP contribution in [0.2, 0.25) is 0 Å². The number of rotatable bonds is 4. The second-order valence-electron chi connectivity index (χ2n) is 4.94. The first kappa shape index (κ1) is 15.3. The van der Waals surface area contributed by atoms with Crippen LogP contribution in [0, 0.1) is 21.3 Å². The summed E-state index contributed by atoms with van der Waals surface area (Å²) in [6.07, 6.45) is 0.801. The molecule has 0 unspecified atom stereocenters. The van der Waals surface area contributed by atoms with E-state index in [4.69, 9.17) is 10.5 Å². The van der Waals surface area contributed by atoms with E-state index in [2.05, 4.69) is 5.32 Å². The van der Waals surface area contributed by atoms with Crippen molar-refractivity contribution in [1.29, 1.82) is 0 Å². The van der Waals surface area contributed by atoms with Gasteiger partial charge in [0.1, 0.15) is 0 Å². The number of hydrogen-bond donors (Lipinski definition) is 2. The molecule has 1 heterocycles. The molecule has 21 heavy (non-hydrogen) atoms. The van der Waals surface area contributed by atoms with Crippen molar-refractivity contribution in [2.24, 2.45) is 11.1 Å². The van der Waals surface area contributed by atoms with E-state index in [9.17, 15) is 19.3 Å². The number of para-hydroxylation sites is 1. The number of nitro groups is 1. The van der Waals surface area contributed by atoms with E-state index in [0.29, 0.717) is 26.1 Å². The van der Waals surface area contributed by atoms with Crippen molar-refractivity contribution in [1.82, 2.24) is 0 Å². The van der Waals surface area contributed by atoms with Crippen LogP contribution in [0.15, 0.2) is 18.2 Å². The number of nitro benzene ring substituents is 1. The lowest BCUT2D eigenvalue weighted by molar-refractivity contribution is -0.384. The topological polar surface area (TPSA) is 107 Å². The molecular formula is C13H16FN3O4. The van der Waals surface area contributed by atoms with Gasteiger partial charge >= 0.3 is 0 Å². The fraction of sp³-hybridized carbons (Fsp3) is 0.462. The van der Waals surface area contributed by atoms with Gasteiger partial charge in [0.05, 0.1) is 10.3 Å². The molecular weight excluding hydrogens is 281 g/mol. The molecule has 0 saturated carbocycles. The summed E-state index contributed by atoms with van der Waals surface area (Å²) in [6.45, 7) is 0.832. The summed E-state index contributed by atoms with van der Waals surface area (Å²) >= 11 is 0. The third kappa shape index (κ3) is 3.01. The van der Waals surface area contributed by atoms with Gasteiger partial charge in [-0.05, 0) is 18.9 Å². The Morgan fingerprint density at radius 1 is 1.48 bits per heavy atom. The number of anilines is 1. The fourth-order valence-electron chi connectivity index (χ4n) is 2.32. The number of nitrogens with one attached hydrogen (secondary N) is 1. The smallest absolute Gasteiger partial charge is 0.295 e. The Balaban J connectivity index is 2.29. The van der Waals surface area contributed by atoms with Crippen LogP contribution in [-0.2, 0) is 9.53 Å².